The van der Waals surface area contributed by atoms with Gasteiger partial charge in [0.25, 0.3) is 11.5 Å². The van der Waals surface area contributed by atoms with Gasteiger partial charge in [-0.15, -0.1) is 0 Å². The molecule has 200 valence electrons. The molecule has 12 nitrogen and oxygen atoms in total. The largest absolute Gasteiger partial charge is 0.492 e. The number of amides is 2. The van der Waals surface area contributed by atoms with Gasteiger partial charge in [0.2, 0.25) is 11.8 Å². The highest BCUT2D eigenvalue weighted by Crippen LogP contribution is 2.33. The molecule has 2 fully saturated rings. The van der Waals surface area contributed by atoms with E-state index in [4.69, 9.17) is 10.5 Å². The van der Waals surface area contributed by atoms with Crippen molar-refractivity contribution in [1.29, 1.82) is 0 Å². The molecule has 3 aromatic rings. The minimum absolute atomic E-state index is 0.0105. The number of ether oxygens (including phenoxy) is 1. The van der Waals surface area contributed by atoms with Gasteiger partial charge in [-0.1, -0.05) is 13.8 Å². The molecule has 0 atom stereocenters. The number of rotatable bonds is 7. The summed E-state index contributed by atoms with van der Waals surface area (Å²) in [7, 11) is 0. The molecule has 1 saturated heterocycles. The molecule has 1 aliphatic heterocycles. The van der Waals surface area contributed by atoms with Crippen LogP contribution in [0.3, 0.4) is 0 Å². The van der Waals surface area contributed by atoms with E-state index in [1.807, 2.05) is 13.8 Å². The van der Waals surface area contributed by atoms with Crippen molar-refractivity contribution >= 4 is 29.4 Å². The van der Waals surface area contributed by atoms with E-state index in [2.05, 4.69) is 15.4 Å². The number of nitrogens with one attached hydrogen (secondary N) is 1. The van der Waals surface area contributed by atoms with Gasteiger partial charge < -0.3 is 25.8 Å². The summed E-state index contributed by atoms with van der Waals surface area (Å²) in [4.78, 5) is 45.4. The van der Waals surface area contributed by atoms with Crippen LogP contribution in [0.4, 0.5) is 5.82 Å². The summed E-state index contributed by atoms with van der Waals surface area (Å²) < 4.78 is 7.93. The Morgan fingerprint density at radius 2 is 2.03 bits per heavy atom. The standard InChI is InChI=1S/C26H31N7O5/c1-15(2)14-32-24-18(7-8-19(34)31-10-12-38-13-11-31)21(17-4-3-9-28-22(17)27)30-33(24)26(37)20(25(32)36)23(35)29-16-5-6-16/h3-4,7-9,15-16,37H,5-6,10-14H2,1-2H3,(H2,27,28)(H,29,35)/b8-7+. The van der Waals surface area contributed by atoms with Crippen molar-refractivity contribution in [1.82, 2.24) is 29.4 Å². The Labute approximate surface area is 218 Å². The number of nitrogens with two attached hydrogens (primary N) is 1. The Kier molecular flexibility index (Phi) is 6.89. The van der Waals surface area contributed by atoms with Gasteiger partial charge in [0.1, 0.15) is 11.5 Å². The second-order valence-corrected chi connectivity index (χ2v) is 9.96. The maximum Gasteiger partial charge on any atom is 0.270 e. The summed E-state index contributed by atoms with van der Waals surface area (Å²) >= 11 is 0. The summed E-state index contributed by atoms with van der Waals surface area (Å²) in [5.41, 5.74) is 6.57. The van der Waals surface area contributed by atoms with Gasteiger partial charge in [-0.2, -0.15) is 9.61 Å². The summed E-state index contributed by atoms with van der Waals surface area (Å²) in [6.07, 6.45) is 6.17. The molecule has 0 radical (unpaired) electrons. The molecule has 0 spiro atoms. The van der Waals surface area contributed by atoms with Gasteiger partial charge in [0, 0.05) is 49.1 Å². The lowest BCUT2D eigenvalue weighted by atomic mass is 10.1. The van der Waals surface area contributed by atoms with Crippen LogP contribution in [-0.2, 0) is 16.1 Å². The molecular formula is C26H31N7O5. The number of aromatic hydroxyl groups is 1. The van der Waals surface area contributed by atoms with Crippen LogP contribution in [0.25, 0.3) is 23.0 Å². The number of fused-ring (bicyclic) bond motifs is 1. The fourth-order valence-corrected chi connectivity index (χ4v) is 4.49. The first-order valence-electron chi connectivity index (χ1n) is 12.7. The number of pyridine rings is 1. The molecule has 12 heteroatoms. The quantitative estimate of drug-likeness (QED) is 0.392. The van der Waals surface area contributed by atoms with Gasteiger partial charge in [-0.25, -0.2) is 4.98 Å². The van der Waals surface area contributed by atoms with Crippen LogP contribution in [0.2, 0.25) is 0 Å². The Morgan fingerprint density at radius 1 is 1.29 bits per heavy atom. The van der Waals surface area contributed by atoms with Gasteiger partial charge >= 0.3 is 0 Å². The van der Waals surface area contributed by atoms with E-state index in [9.17, 15) is 19.5 Å². The molecule has 0 aromatic carbocycles. The molecule has 2 aliphatic rings. The highest BCUT2D eigenvalue weighted by molar-refractivity contribution is 5.98. The molecule has 0 bridgehead atoms. The Bertz CT molecular complexity index is 1480. The topological polar surface area (TPSA) is 157 Å². The highest BCUT2D eigenvalue weighted by Gasteiger charge is 2.31. The minimum Gasteiger partial charge on any atom is -0.492 e. The third-order valence-corrected chi connectivity index (χ3v) is 6.53. The van der Waals surface area contributed by atoms with E-state index in [1.165, 1.54) is 15.2 Å². The number of morpholine rings is 1. The number of anilines is 1. The molecule has 2 amide bonds. The second-order valence-electron chi connectivity index (χ2n) is 9.96. The van der Waals surface area contributed by atoms with E-state index in [-0.39, 0.29) is 41.4 Å². The summed E-state index contributed by atoms with van der Waals surface area (Å²) in [5, 5.41) is 18.6. The predicted octanol–water partition coefficient (Wildman–Crippen LogP) is 1.27. The van der Waals surface area contributed by atoms with Crippen LogP contribution in [0.5, 0.6) is 5.88 Å². The monoisotopic (exact) mass is 521 g/mol. The average molecular weight is 522 g/mol. The molecule has 4 N–H and O–H groups in total. The van der Waals surface area contributed by atoms with Gasteiger partial charge in [0.15, 0.2) is 11.2 Å². The van der Waals surface area contributed by atoms with Gasteiger partial charge in [-0.05, 0) is 37.0 Å². The van der Waals surface area contributed by atoms with Crippen molar-refractivity contribution in [2.24, 2.45) is 5.92 Å². The van der Waals surface area contributed by atoms with Crippen molar-refractivity contribution < 1.29 is 19.4 Å². The third-order valence-electron chi connectivity index (χ3n) is 6.53. The summed E-state index contributed by atoms with van der Waals surface area (Å²) in [6.45, 7) is 5.99. The van der Waals surface area contributed by atoms with Crippen molar-refractivity contribution in [3.63, 3.8) is 0 Å². The highest BCUT2D eigenvalue weighted by atomic mass is 16.5. The van der Waals surface area contributed by atoms with Gasteiger partial charge in [0.05, 0.1) is 13.2 Å². The van der Waals surface area contributed by atoms with Crippen LogP contribution < -0.4 is 16.6 Å². The Hall–Kier alpha value is -4.19. The van der Waals surface area contributed by atoms with Crippen LogP contribution in [0, 0.1) is 5.92 Å². The minimum atomic E-state index is -0.646. The fraction of sp³-hybridized carbons (Fsp3) is 0.423. The number of hydrogen-bond acceptors (Lipinski definition) is 8. The van der Waals surface area contributed by atoms with Gasteiger partial charge in [-0.3, -0.25) is 19.0 Å². The molecule has 1 aliphatic carbocycles. The van der Waals surface area contributed by atoms with Crippen molar-refractivity contribution in [2.45, 2.75) is 39.3 Å². The van der Waals surface area contributed by atoms with E-state index in [1.54, 1.807) is 29.3 Å². The zero-order chi connectivity index (χ0) is 27.0. The SMILES string of the molecule is CC(C)Cn1c(=O)c(C(=O)NC2CC2)c(O)n2nc(-c3cccnc3N)c(/C=C/C(=O)N3CCOCC3)c12. The van der Waals surface area contributed by atoms with E-state index in [0.29, 0.717) is 43.1 Å². The lowest BCUT2D eigenvalue weighted by Crippen LogP contribution is -2.39. The first-order chi connectivity index (χ1) is 18.3. The molecule has 5 rings (SSSR count). The number of carbonyl (C=O) groups excluding carboxylic acids is 2. The Morgan fingerprint density at radius 3 is 2.68 bits per heavy atom. The Balaban J connectivity index is 1.74. The number of nitrogen functional groups attached to an aromatic ring is 1. The van der Waals surface area contributed by atoms with Crippen LogP contribution >= 0.6 is 0 Å². The number of aromatic nitrogens is 4. The molecule has 4 heterocycles. The van der Waals surface area contributed by atoms with Crippen molar-refractivity contribution in [3.05, 3.63) is 45.9 Å². The van der Waals surface area contributed by atoms with E-state index < -0.39 is 17.3 Å². The predicted molar refractivity (Wildman–Crippen MR) is 141 cm³/mol. The number of nitrogens with zero attached hydrogens (tertiary/aromatic N) is 5. The lowest BCUT2D eigenvalue weighted by Gasteiger charge is -2.25. The summed E-state index contributed by atoms with van der Waals surface area (Å²) in [6, 6.07) is 3.40. The first kappa shape index (κ1) is 25.5. The van der Waals surface area contributed by atoms with Crippen molar-refractivity contribution in [3.8, 4) is 17.1 Å². The normalized spacial score (nSPS) is 16.0. The number of hydrogen-bond donors (Lipinski definition) is 3. The molecule has 1 saturated carbocycles. The maximum absolute atomic E-state index is 13.7. The van der Waals surface area contributed by atoms with E-state index >= 15 is 0 Å². The molecular weight excluding hydrogens is 490 g/mol. The molecule has 3 aromatic heterocycles. The third kappa shape index (κ3) is 4.86. The zero-order valence-corrected chi connectivity index (χ0v) is 21.4. The maximum atomic E-state index is 13.7. The van der Waals surface area contributed by atoms with Crippen LogP contribution in [0.15, 0.2) is 29.2 Å². The fourth-order valence-electron chi connectivity index (χ4n) is 4.49. The van der Waals surface area contributed by atoms with E-state index in [0.717, 1.165) is 12.8 Å². The zero-order valence-electron chi connectivity index (χ0n) is 21.4. The van der Waals surface area contributed by atoms with Crippen LogP contribution in [-0.4, -0.2) is 73.3 Å². The lowest BCUT2D eigenvalue weighted by molar-refractivity contribution is -0.129. The number of carbonyl (C=O) groups is 2. The first-order valence-corrected chi connectivity index (χ1v) is 12.7. The average Bonchev–Trinajstić information content (AvgIpc) is 3.63. The molecule has 38 heavy (non-hydrogen) atoms. The smallest absolute Gasteiger partial charge is 0.270 e. The second kappa shape index (κ2) is 10.3. The van der Waals surface area contributed by atoms with Crippen LogP contribution in [0.1, 0.15) is 42.6 Å². The van der Waals surface area contributed by atoms with Crippen molar-refractivity contribution in [2.75, 3.05) is 32.0 Å². The summed E-state index contributed by atoms with van der Waals surface area (Å²) in [5.74, 6) is -1.24. The molecule has 0 unspecified atom stereocenters.